The summed E-state index contributed by atoms with van der Waals surface area (Å²) < 4.78 is 1.65. The monoisotopic (exact) mass is 454 g/mol. The first-order valence-corrected chi connectivity index (χ1v) is 11.7. The van der Waals surface area contributed by atoms with Gasteiger partial charge in [-0.1, -0.05) is 74.0 Å². The Morgan fingerprint density at radius 1 is 1.03 bits per heavy atom. The van der Waals surface area contributed by atoms with Crippen LogP contribution in [0.2, 0.25) is 0 Å². The van der Waals surface area contributed by atoms with Gasteiger partial charge >= 0.3 is 0 Å². The summed E-state index contributed by atoms with van der Waals surface area (Å²) in [6, 6.07) is 22.9. The summed E-state index contributed by atoms with van der Waals surface area (Å²) in [5, 5.41) is 18.6. The smallest absolute Gasteiger partial charge is 0.255 e. The van der Waals surface area contributed by atoms with E-state index in [-0.39, 0.29) is 5.91 Å². The lowest BCUT2D eigenvalue weighted by molar-refractivity contribution is 0.0812. The van der Waals surface area contributed by atoms with E-state index < -0.39 is 12.1 Å². The number of amides is 1. The first kappa shape index (κ1) is 23.4. The summed E-state index contributed by atoms with van der Waals surface area (Å²) in [6.45, 7) is 4.01. The quantitative estimate of drug-likeness (QED) is 0.383. The van der Waals surface area contributed by atoms with E-state index in [2.05, 4.69) is 10.3 Å². The molecule has 0 saturated carbocycles. The molecule has 6 heteroatoms. The summed E-state index contributed by atoms with van der Waals surface area (Å²) in [4.78, 5) is 17.9. The highest BCUT2D eigenvalue weighted by Gasteiger charge is 2.24. The van der Waals surface area contributed by atoms with E-state index in [1.807, 2.05) is 80.7 Å². The molecule has 4 rings (SSSR count). The fourth-order valence-electron chi connectivity index (χ4n) is 4.10. The largest absolute Gasteiger partial charge is 0.391 e. The van der Waals surface area contributed by atoms with Gasteiger partial charge in [0, 0.05) is 18.0 Å². The van der Waals surface area contributed by atoms with Crippen LogP contribution >= 0.6 is 0 Å². The van der Waals surface area contributed by atoms with E-state index in [0.717, 1.165) is 28.8 Å². The second-order valence-corrected chi connectivity index (χ2v) is 8.47. The Labute approximate surface area is 200 Å². The average Bonchev–Trinajstić information content (AvgIpc) is 3.26. The maximum atomic E-state index is 13.4. The second kappa shape index (κ2) is 10.9. The molecule has 2 aromatic carbocycles. The first-order valence-electron chi connectivity index (χ1n) is 11.7. The number of aliphatic hydroxyl groups is 1. The number of hydrogen-bond acceptors (Lipinski definition) is 4. The number of benzene rings is 2. The second-order valence-electron chi connectivity index (χ2n) is 8.47. The molecule has 4 aromatic rings. The van der Waals surface area contributed by atoms with Gasteiger partial charge in [-0.05, 0) is 43.0 Å². The van der Waals surface area contributed by atoms with Crippen molar-refractivity contribution < 1.29 is 9.90 Å². The minimum Gasteiger partial charge on any atom is -0.391 e. The van der Waals surface area contributed by atoms with Gasteiger partial charge in [0.25, 0.3) is 5.91 Å². The Morgan fingerprint density at radius 3 is 2.44 bits per heavy atom. The van der Waals surface area contributed by atoms with Crippen LogP contribution in [0.3, 0.4) is 0 Å². The fourth-order valence-corrected chi connectivity index (χ4v) is 4.10. The van der Waals surface area contributed by atoms with Crippen molar-refractivity contribution in [2.75, 3.05) is 0 Å². The third-order valence-electron chi connectivity index (χ3n) is 5.86. The molecule has 174 valence electrons. The summed E-state index contributed by atoms with van der Waals surface area (Å²) in [6.07, 6.45) is 4.87. The van der Waals surface area contributed by atoms with Gasteiger partial charge in [0.15, 0.2) is 5.82 Å². The molecule has 0 bridgehead atoms. The number of aromatic nitrogens is 3. The molecule has 0 aliphatic heterocycles. The molecule has 0 spiro atoms. The number of carbonyl (C=O) groups is 1. The van der Waals surface area contributed by atoms with E-state index in [1.54, 1.807) is 23.0 Å². The molecule has 0 aliphatic rings. The molecular weight excluding hydrogens is 424 g/mol. The molecule has 0 aliphatic carbocycles. The van der Waals surface area contributed by atoms with Crippen LogP contribution in [0.15, 0.2) is 85.2 Å². The van der Waals surface area contributed by atoms with Crippen LogP contribution in [0.4, 0.5) is 0 Å². The van der Waals surface area contributed by atoms with Crippen molar-refractivity contribution in [3.63, 3.8) is 0 Å². The van der Waals surface area contributed by atoms with Crippen molar-refractivity contribution in [3.8, 4) is 17.1 Å². The highest BCUT2D eigenvalue weighted by Crippen LogP contribution is 2.23. The molecule has 2 unspecified atom stereocenters. The van der Waals surface area contributed by atoms with Crippen LogP contribution < -0.4 is 5.32 Å². The van der Waals surface area contributed by atoms with E-state index in [1.165, 1.54) is 0 Å². The fraction of sp³-hybridized carbons (Fsp3) is 0.250. The van der Waals surface area contributed by atoms with Crippen LogP contribution in [-0.4, -0.2) is 37.9 Å². The SMILES string of the molecule is CCCC(O)C(Cc1ccccc1)NC(=O)c1cccnc1-n1cc(C)c(-c2ccccc2)n1. The predicted molar refractivity (Wildman–Crippen MR) is 134 cm³/mol. The zero-order valence-electron chi connectivity index (χ0n) is 19.6. The number of nitrogens with zero attached hydrogens (tertiary/aromatic N) is 3. The number of hydrogen-bond donors (Lipinski definition) is 2. The standard InChI is InChI=1S/C28H30N4O2/c1-3-11-25(33)24(18-21-12-6-4-7-13-21)30-28(34)23-16-10-17-29-27(23)32-19-20(2)26(31-32)22-14-8-5-9-15-22/h4-10,12-17,19,24-25,33H,3,11,18H2,1-2H3,(H,30,34). The Hall–Kier alpha value is -3.77. The average molecular weight is 455 g/mol. The summed E-state index contributed by atoms with van der Waals surface area (Å²) in [5.74, 6) is 0.169. The van der Waals surface area contributed by atoms with Gasteiger partial charge in [0.1, 0.15) is 0 Å². The third kappa shape index (κ3) is 5.41. The third-order valence-corrected chi connectivity index (χ3v) is 5.86. The Balaban J connectivity index is 1.62. The summed E-state index contributed by atoms with van der Waals surface area (Å²) >= 11 is 0. The minimum absolute atomic E-state index is 0.284. The molecular formula is C28H30N4O2. The maximum Gasteiger partial charge on any atom is 0.255 e. The lowest BCUT2D eigenvalue weighted by atomic mass is 9.98. The van der Waals surface area contributed by atoms with Gasteiger partial charge < -0.3 is 10.4 Å². The molecule has 2 aromatic heterocycles. The van der Waals surface area contributed by atoms with Crippen molar-refractivity contribution >= 4 is 5.91 Å². The van der Waals surface area contributed by atoms with Crippen LogP contribution in [0.1, 0.15) is 41.3 Å². The number of rotatable bonds is 9. The van der Waals surface area contributed by atoms with Gasteiger partial charge in [0.05, 0.1) is 23.4 Å². The van der Waals surface area contributed by atoms with E-state index in [4.69, 9.17) is 5.10 Å². The van der Waals surface area contributed by atoms with Crippen molar-refractivity contribution in [3.05, 3.63) is 102 Å². The predicted octanol–water partition coefficient (Wildman–Crippen LogP) is 4.74. The van der Waals surface area contributed by atoms with Crippen LogP contribution in [0.5, 0.6) is 0 Å². The topological polar surface area (TPSA) is 80.0 Å². The zero-order valence-corrected chi connectivity index (χ0v) is 19.6. The molecule has 34 heavy (non-hydrogen) atoms. The van der Waals surface area contributed by atoms with Gasteiger partial charge in [0.2, 0.25) is 0 Å². The number of aryl methyl sites for hydroxylation is 1. The number of pyridine rings is 1. The minimum atomic E-state index is -0.647. The van der Waals surface area contributed by atoms with E-state index >= 15 is 0 Å². The van der Waals surface area contributed by atoms with E-state index in [0.29, 0.717) is 24.2 Å². The molecule has 0 radical (unpaired) electrons. The van der Waals surface area contributed by atoms with Crippen molar-refractivity contribution in [2.45, 2.75) is 45.3 Å². The Kier molecular flexibility index (Phi) is 7.50. The summed E-state index contributed by atoms with van der Waals surface area (Å²) in [7, 11) is 0. The molecule has 1 amide bonds. The zero-order chi connectivity index (χ0) is 23.9. The Bertz CT molecular complexity index is 1220. The molecule has 0 fully saturated rings. The first-order chi connectivity index (χ1) is 16.6. The highest BCUT2D eigenvalue weighted by atomic mass is 16.3. The van der Waals surface area contributed by atoms with Crippen molar-refractivity contribution in [1.82, 2.24) is 20.1 Å². The number of aliphatic hydroxyl groups excluding tert-OH is 1. The summed E-state index contributed by atoms with van der Waals surface area (Å²) in [5.41, 5.74) is 4.31. The lowest BCUT2D eigenvalue weighted by Crippen LogP contribution is -2.45. The molecule has 6 nitrogen and oxygen atoms in total. The maximum absolute atomic E-state index is 13.4. The van der Waals surface area contributed by atoms with Gasteiger partial charge in [-0.2, -0.15) is 5.10 Å². The van der Waals surface area contributed by atoms with Crippen molar-refractivity contribution in [1.29, 1.82) is 0 Å². The van der Waals surface area contributed by atoms with E-state index in [9.17, 15) is 9.90 Å². The highest BCUT2D eigenvalue weighted by molar-refractivity contribution is 5.97. The number of nitrogens with one attached hydrogen (secondary N) is 1. The molecule has 2 heterocycles. The van der Waals surface area contributed by atoms with Crippen LogP contribution in [0.25, 0.3) is 17.1 Å². The van der Waals surface area contributed by atoms with Crippen LogP contribution in [0, 0.1) is 6.92 Å². The molecule has 0 saturated heterocycles. The Morgan fingerprint density at radius 2 is 1.74 bits per heavy atom. The number of carbonyl (C=O) groups excluding carboxylic acids is 1. The lowest BCUT2D eigenvalue weighted by Gasteiger charge is -2.24. The normalized spacial score (nSPS) is 12.8. The van der Waals surface area contributed by atoms with Gasteiger partial charge in [-0.25, -0.2) is 9.67 Å². The van der Waals surface area contributed by atoms with Gasteiger partial charge in [-0.3, -0.25) is 4.79 Å². The molecule has 2 N–H and O–H groups in total. The van der Waals surface area contributed by atoms with Crippen molar-refractivity contribution in [2.24, 2.45) is 0 Å². The molecule has 2 atom stereocenters. The van der Waals surface area contributed by atoms with Gasteiger partial charge in [-0.15, -0.1) is 0 Å². The van der Waals surface area contributed by atoms with Crippen LogP contribution in [-0.2, 0) is 6.42 Å².